The summed E-state index contributed by atoms with van der Waals surface area (Å²) in [4.78, 5) is 4.38. The second-order valence-corrected chi connectivity index (χ2v) is 6.80. The van der Waals surface area contributed by atoms with Gasteiger partial charge in [-0.2, -0.15) is 0 Å². The number of hydrogen-bond donors (Lipinski definition) is 2. The SMILES string of the molecule is Cl.Cl.OC1CCCNC1C#CCn1cnc2cc(Br)c(Br)cc21. The van der Waals surface area contributed by atoms with Crippen LogP contribution in [0.4, 0.5) is 0 Å². The third kappa shape index (κ3) is 4.85. The number of halogens is 4. The molecule has 1 aliphatic heterocycles. The van der Waals surface area contributed by atoms with E-state index in [-0.39, 0.29) is 37.0 Å². The Labute approximate surface area is 164 Å². The Morgan fingerprint density at radius 1 is 1.30 bits per heavy atom. The van der Waals surface area contributed by atoms with Gasteiger partial charge in [0.25, 0.3) is 0 Å². The molecule has 23 heavy (non-hydrogen) atoms. The number of nitrogens with one attached hydrogen (secondary N) is 1. The molecule has 0 aliphatic carbocycles. The van der Waals surface area contributed by atoms with Gasteiger partial charge in [-0.1, -0.05) is 11.8 Å². The standard InChI is InChI=1S/C15H15Br2N3O.2ClH/c16-10-7-13-14(8-11(10)17)20(9-19-13)6-2-3-12-15(21)4-1-5-18-12;;/h7-9,12,15,18,21H,1,4-6H2;2*1H. The molecular weight excluding hydrogens is 469 g/mol. The van der Waals surface area contributed by atoms with Gasteiger partial charge in [0.05, 0.1) is 36.1 Å². The molecule has 0 spiro atoms. The summed E-state index contributed by atoms with van der Waals surface area (Å²) in [6, 6.07) is 3.90. The number of imidazole rings is 1. The van der Waals surface area contributed by atoms with Crippen molar-refractivity contribution in [1.82, 2.24) is 14.9 Å². The van der Waals surface area contributed by atoms with Crippen LogP contribution in [0.2, 0.25) is 0 Å². The highest BCUT2D eigenvalue weighted by molar-refractivity contribution is 9.13. The van der Waals surface area contributed by atoms with Crippen molar-refractivity contribution in [3.05, 3.63) is 27.4 Å². The smallest absolute Gasteiger partial charge is 0.0966 e. The van der Waals surface area contributed by atoms with Crippen molar-refractivity contribution < 1.29 is 5.11 Å². The minimum absolute atomic E-state index is 0. The van der Waals surface area contributed by atoms with Gasteiger partial charge in [0.2, 0.25) is 0 Å². The second-order valence-electron chi connectivity index (χ2n) is 5.09. The maximum absolute atomic E-state index is 9.87. The quantitative estimate of drug-likeness (QED) is 0.608. The fraction of sp³-hybridized carbons (Fsp3) is 0.400. The third-order valence-corrected chi connectivity index (χ3v) is 5.44. The highest BCUT2D eigenvalue weighted by Crippen LogP contribution is 2.27. The molecular formula is C15H17Br2Cl2N3O. The first-order valence-corrected chi connectivity index (χ1v) is 8.43. The summed E-state index contributed by atoms with van der Waals surface area (Å²) in [5, 5.41) is 13.1. The predicted molar refractivity (Wildman–Crippen MR) is 104 cm³/mol. The van der Waals surface area contributed by atoms with Gasteiger partial charge < -0.3 is 15.0 Å². The summed E-state index contributed by atoms with van der Waals surface area (Å²) in [5.74, 6) is 6.26. The zero-order chi connectivity index (χ0) is 14.8. The summed E-state index contributed by atoms with van der Waals surface area (Å²) in [6.07, 6.45) is 3.26. The topological polar surface area (TPSA) is 50.1 Å². The van der Waals surface area contributed by atoms with E-state index >= 15 is 0 Å². The lowest BCUT2D eigenvalue weighted by molar-refractivity contribution is 0.118. The highest BCUT2D eigenvalue weighted by atomic mass is 79.9. The molecule has 8 heteroatoms. The van der Waals surface area contributed by atoms with Crippen LogP contribution in [0, 0.1) is 11.8 Å². The van der Waals surface area contributed by atoms with Crippen molar-refractivity contribution in [1.29, 1.82) is 0 Å². The maximum atomic E-state index is 9.87. The molecule has 2 N–H and O–H groups in total. The van der Waals surface area contributed by atoms with Gasteiger partial charge in [-0.3, -0.25) is 0 Å². The van der Waals surface area contributed by atoms with Crippen LogP contribution in [0.15, 0.2) is 27.4 Å². The summed E-state index contributed by atoms with van der Waals surface area (Å²) in [6.45, 7) is 1.49. The molecule has 4 nitrogen and oxygen atoms in total. The van der Waals surface area contributed by atoms with Crippen molar-refractivity contribution in [2.75, 3.05) is 6.54 Å². The van der Waals surface area contributed by atoms with E-state index in [2.05, 4.69) is 54.0 Å². The minimum atomic E-state index is -0.365. The molecule has 2 atom stereocenters. The number of piperidine rings is 1. The lowest BCUT2D eigenvalue weighted by Gasteiger charge is -2.24. The van der Waals surface area contributed by atoms with E-state index < -0.39 is 0 Å². The maximum Gasteiger partial charge on any atom is 0.0966 e. The Kier molecular flexibility index (Phi) is 8.36. The number of hydrogen-bond acceptors (Lipinski definition) is 3. The molecule has 1 aromatic heterocycles. The number of rotatable bonds is 1. The predicted octanol–water partition coefficient (Wildman–Crippen LogP) is 3.52. The molecule has 1 aromatic carbocycles. The third-order valence-electron chi connectivity index (χ3n) is 3.60. The van der Waals surface area contributed by atoms with Crippen molar-refractivity contribution in [3.8, 4) is 11.8 Å². The summed E-state index contributed by atoms with van der Waals surface area (Å²) in [5.41, 5.74) is 1.97. The number of aromatic nitrogens is 2. The Balaban J connectivity index is 0.00000132. The zero-order valence-corrected chi connectivity index (χ0v) is 16.9. The highest BCUT2D eigenvalue weighted by Gasteiger charge is 2.19. The molecule has 1 fully saturated rings. The Morgan fingerprint density at radius 2 is 2.04 bits per heavy atom. The number of nitrogens with zero attached hydrogens (tertiary/aromatic N) is 2. The number of fused-ring (bicyclic) bond motifs is 1. The van der Waals surface area contributed by atoms with Gasteiger partial charge in [0.1, 0.15) is 0 Å². The van der Waals surface area contributed by atoms with E-state index in [1.54, 1.807) is 6.33 Å². The van der Waals surface area contributed by atoms with E-state index in [0.29, 0.717) is 6.54 Å². The van der Waals surface area contributed by atoms with E-state index in [1.807, 2.05) is 16.7 Å². The van der Waals surface area contributed by atoms with E-state index in [9.17, 15) is 5.11 Å². The van der Waals surface area contributed by atoms with Crippen LogP contribution in [0.25, 0.3) is 11.0 Å². The molecule has 0 bridgehead atoms. The molecule has 2 unspecified atom stereocenters. The van der Waals surface area contributed by atoms with Crippen LogP contribution in [0.3, 0.4) is 0 Å². The van der Waals surface area contributed by atoms with E-state index in [4.69, 9.17) is 0 Å². The lowest BCUT2D eigenvalue weighted by Crippen LogP contribution is -2.43. The van der Waals surface area contributed by atoms with E-state index in [1.165, 1.54) is 0 Å². The molecule has 2 aromatic rings. The van der Waals surface area contributed by atoms with Crippen LogP contribution >= 0.6 is 56.7 Å². The Morgan fingerprint density at radius 3 is 2.78 bits per heavy atom. The van der Waals surface area contributed by atoms with Crippen LogP contribution in [-0.4, -0.2) is 33.3 Å². The van der Waals surface area contributed by atoms with Gasteiger partial charge in [-0.15, -0.1) is 24.8 Å². The van der Waals surface area contributed by atoms with Crippen LogP contribution in [0.5, 0.6) is 0 Å². The van der Waals surface area contributed by atoms with Crippen LogP contribution in [-0.2, 0) is 6.54 Å². The van der Waals surface area contributed by atoms with Gasteiger partial charge in [-0.05, 0) is 63.4 Å². The molecule has 0 radical (unpaired) electrons. The Hall–Kier alpha value is -0.290. The van der Waals surface area contributed by atoms with Crippen LogP contribution in [0.1, 0.15) is 12.8 Å². The number of benzene rings is 1. The fourth-order valence-electron chi connectivity index (χ4n) is 2.44. The van der Waals surface area contributed by atoms with Gasteiger partial charge >= 0.3 is 0 Å². The summed E-state index contributed by atoms with van der Waals surface area (Å²) >= 11 is 6.98. The first-order valence-electron chi connectivity index (χ1n) is 6.85. The zero-order valence-electron chi connectivity index (χ0n) is 12.1. The second kappa shape index (κ2) is 9.26. The van der Waals surface area contributed by atoms with Crippen molar-refractivity contribution in [2.24, 2.45) is 0 Å². The fourth-order valence-corrected chi connectivity index (χ4v) is 3.10. The normalized spacial score (nSPS) is 20.1. The summed E-state index contributed by atoms with van der Waals surface area (Å²) in [7, 11) is 0. The van der Waals surface area contributed by atoms with Crippen molar-refractivity contribution in [2.45, 2.75) is 31.5 Å². The average molecular weight is 486 g/mol. The Bertz CT molecular complexity index is 727. The molecule has 1 saturated heterocycles. The lowest BCUT2D eigenvalue weighted by atomic mass is 10.0. The van der Waals surface area contributed by atoms with Gasteiger partial charge in [0, 0.05) is 8.95 Å². The number of aliphatic hydroxyl groups excluding tert-OH is 1. The first kappa shape index (κ1) is 20.8. The van der Waals surface area contributed by atoms with E-state index in [0.717, 1.165) is 39.4 Å². The summed E-state index contributed by atoms with van der Waals surface area (Å²) < 4.78 is 3.99. The molecule has 0 saturated carbocycles. The number of aliphatic hydroxyl groups is 1. The van der Waals surface area contributed by atoms with Gasteiger partial charge in [0.15, 0.2) is 0 Å². The van der Waals surface area contributed by atoms with Crippen LogP contribution < -0.4 is 5.32 Å². The first-order chi connectivity index (χ1) is 10.1. The largest absolute Gasteiger partial charge is 0.390 e. The van der Waals surface area contributed by atoms with Crippen molar-refractivity contribution >= 4 is 67.7 Å². The van der Waals surface area contributed by atoms with Gasteiger partial charge in [-0.25, -0.2) is 4.98 Å². The molecule has 126 valence electrons. The molecule has 1 aliphatic rings. The van der Waals surface area contributed by atoms with Crippen molar-refractivity contribution in [3.63, 3.8) is 0 Å². The molecule has 0 amide bonds. The average Bonchev–Trinajstić information content (AvgIpc) is 2.84. The minimum Gasteiger partial charge on any atom is -0.390 e. The molecule has 3 rings (SSSR count). The molecule has 2 heterocycles. The monoisotopic (exact) mass is 483 g/mol.